The molecule has 2 amide bonds. The minimum Gasteiger partial charge on any atom is -0.507 e. The van der Waals surface area contributed by atoms with E-state index in [4.69, 9.17) is 47.4 Å². The lowest BCUT2D eigenvalue weighted by Gasteiger charge is -2.35. The zero-order chi connectivity index (χ0) is 52.9. The molecule has 0 unspecified atom stereocenters. The van der Waals surface area contributed by atoms with Crippen molar-refractivity contribution < 1.29 is 37.7 Å². The van der Waals surface area contributed by atoms with Crippen LogP contribution in [0.3, 0.4) is 0 Å². The Labute approximate surface area is 443 Å². The molecule has 4 aliphatic heterocycles. The van der Waals surface area contributed by atoms with Crippen molar-refractivity contribution in [2.45, 2.75) is 37.8 Å². The van der Waals surface area contributed by atoms with E-state index >= 15 is 0 Å². The van der Waals surface area contributed by atoms with Gasteiger partial charge in [-0.15, -0.1) is 0 Å². The first-order valence-corrected chi connectivity index (χ1v) is 25.6. The first-order valence-electron chi connectivity index (χ1n) is 24.8. The molecule has 22 heteroatoms. The molecule has 10 rings (SSSR count). The molecular weight excluding hydrogens is 1010 g/mol. The van der Waals surface area contributed by atoms with Gasteiger partial charge in [0, 0.05) is 64.4 Å². The van der Waals surface area contributed by atoms with E-state index in [9.17, 15) is 23.5 Å². The lowest BCUT2D eigenvalue weighted by Crippen LogP contribution is -2.48. The molecule has 8 heterocycles. The lowest BCUT2D eigenvalue weighted by molar-refractivity contribution is -0.127. The number of methoxy groups -OCH3 is 1. The Kier molecular flexibility index (Phi) is 16.4. The molecule has 2 aromatic carbocycles. The summed E-state index contributed by atoms with van der Waals surface area (Å²) in [5.41, 5.74) is 0.972. The molecule has 2 atom stereocenters. The molecule has 4 aliphatic rings. The summed E-state index contributed by atoms with van der Waals surface area (Å²) in [4.78, 5) is 64.0. The second-order valence-electron chi connectivity index (χ2n) is 18.7. The molecule has 4 aromatic heterocycles. The Morgan fingerprint density at radius 1 is 0.653 bits per heavy atom. The summed E-state index contributed by atoms with van der Waals surface area (Å²) < 4.78 is 47.1. The Morgan fingerprint density at radius 2 is 1.09 bits per heavy atom. The van der Waals surface area contributed by atoms with Crippen LogP contribution in [-0.2, 0) is 9.59 Å². The maximum atomic E-state index is 14.9. The van der Waals surface area contributed by atoms with Gasteiger partial charge in [0.15, 0.2) is 11.3 Å². The molecule has 0 spiro atoms. The number of ether oxygens (including phenoxy) is 3. The summed E-state index contributed by atoms with van der Waals surface area (Å²) in [6, 6.07) is 12.8. The molecular formula is C53H58Cl2F2N12O6. The molecule has 1 N–H and O–H groups in total. The van der Waals surface area contributed by atoms with E-state index in [0.29, 0.717) is 99.4 Å². The van der Waals surface area contributed by atoms with Gasteiger partial charge in [0.1, 0.15) is 48.0 Å². The average molecular weight is 1070 g/mol. The standard InChI is InChI=1S/C27H30ClFN6O3.C26H28ClFN6O3/c1-4-22(36)34-11-13-35(14-12-34)26-18-15-19(28)24(23-20(29)8-5-9-21(23)37-3)30-25(18)31-27(32-26)38-16-17-7-6-10-33(17)2;1-3-21(36)33-10-12-34(13-11-33)25-17-14-18(27)23(22-19(28)7-4-8-20(22)35)29-24(17)30-26(31-25)37-15-16-6-5-9-32(16)2/h4-5,8-9,15,17H,1,6-7,10-14,16H2,2-3H3;3-4,7-8,14,16,35H,1,5-6,9-13,15H2,2H3/t17-;16-/m00/s1. The Hall–Kier alpha value is -7.00. The molecule has 4 saturated heterocycles. The first-order chi connectivity index (χ1) is 36.2. The van der Waals surface area contributed by atoms with Gasteiger partial charge in [-0.05, 0) is 101 Å². The molecule has 6 aromatic rings. The molecule has 0 aliphatic carbocycles. The number of amides is 2. The molecule has 0 bridgehead atoms. The smallest absolute Gasteiger partial charge is 0.320 e. The van der Waals surface area contributed by atoms with Crippen LogP contribution in [-0.4, -0.2) is 178 Å². The van der Waals surface area contributed by atoms with Crippen molar-refractivity contribution in [3.05, 3.63) is 95.5 Å². The number of halogens is 4. The normalized spacial score (nSPS) is 18.3. The molecule has 0 saturated carbocycles. The van der Waals surface area contributed by atoms with E-state index in [1.165, 1.54) is 43.5 Å². The largest absolute Gasteiger partial charge is 0.507 e. The van der Waals surface area contributed by atoms with Gasteiger partial charge < -0.3 is 48.7 Å². The third kappa shape index (κ3) is 11.5. The number of aromatic hydroxyl groups is 1. The number of phenolic OH excluding ortho intramolecular Hbond substituents is 1. The highest BCUT2D eigenvalue weighted by atomic mass is 35.5. The molecule has 0 radical (unpaired) electrons. The second kappa shape index (κ2) is 23.3. The SMILES string of the molecule is C=CC(=O)N1CCN(c2nc(OC[C@@H]3CCCN3C)nc3nc(-c4c(F)cccc4OC)c(Cl)cc23)CC1.C=CC(=O)N1CCN(c2nc(OC[C@@H]3CCCN3C)nc3nc(-c4c(O)cccc4F)c(Cl)cc23)CC1. The Morgan fingerprint density at radius 3 is 1.51 bits per heavy atom. The number of carbonyl (C=O) groups is 2. The van der Waals surface area contributed by atoms with Crippen molar-refractivity contribution in [1.29, 1.82) is 0 Å². The van der Waals surface area contributed by atoms with Crippen LogP contribution in [0.15, 0.2) is 73.8 Å². The second-order valence-corrected chi connectivity index (χ2v) is 19.5. The Balaban J connectivity index is 0.000000184. The van der Waals surface area contributed by atoms with Crippen molar-refractivity contribution in [2.24, 2.45) is 0 Å². The third-order valence-electron chi connectivity index (χ3n) is 14.1. The highest BCUT2D eigenvalue weighted by Gasteiger charge is 2.30. The maximum absolute atomic E-state index is 14.9. The van der Waals surface area contributed by atoms with E-state index in [1.54, 1.807) is 34.1 Å². The van der Waals surface area contributed by atoms with Crippen LogP contribution < -0.4 is 24.0 Å². The number of likely N-dealkylation sites (N-methyl/N-ethyl adjacent to an activating group) is 2. The predicted molar refractivity (Wildman–Crippen MR) is 284 cm³/mol. The van der Waals surface area contributed by atoms with Gasteiger partial charge in [-0.3, -0.25) is 9.59 Å². The van der Waals surface area contributed by atoms with E-state index < -0.39 is 11.6 Å². The highest BCUT2D eigenvalue weighted by Crippen LogP contribution is 2.41. The number of likely N-dealkylation sites (tertiary alicyclic amines) is 2. The molecule has 18 nitrogen and oxygen atoms in total. The van der Waals surface area contributed by atoms with Crippen molar-refractivity contribution in [1.82, 2.24) is 49.5 Å². The van der Waals surface area contributed by atoms with Crippen LogP contribution in [0.1, 0.15) is 25.7 Å². The third-order valence-corrected chi connectivity index (χ3v) is 14.7. The summed E-state index contributed by atoms with van der Waals surface area (Å²) in [5.74, 6) is -0.140. The summed E-state index contributed by atoms with van der Waals surface area (Å²) in [5, 5.41) is 11.9. The van der Waals surface area contributed by atoms with Gasteiger partial charge in [0.2, 0.25) is 11.8 Å². The number of carbonyl (C=O) groups excluding carboxylic acids is 2. The zero-order valence-corrected chi connectivity index (χ0v) is 43.5. The van der Waals surface area contributed by atoms with Gasteiger partial charge >= 0.3 is 12.0 Å². The molecule has 394 valence electrons. The fourth-order valence-electron chi connectivity index (χ4n) is 9.86. The van der Waals surface area contributed by atoms with Gasteiger partial charge in [0.05, 0.1) is 50.4 Å². The number of phenols is 1. The Bertz CT molecular complexity index is 3100. The van der Waals surface area contributed by atoms with Crippen LogP contribution >= 0.6 is 23.2 Å². The van der Waals surface area contributed by atoms with Gasteiger partial charge in [-0.2, -0.15) is 19.9 Å². The number of nitrogens with zero attached hydrogens (tertiary/aromatic N) is 12. The summed E-state index contributed by atoms with van der Waals surface area (Å²) in [7, 11) is 5.61. The van der Waals surface area contributed by atoms with Crippen LogP contribution in [0.25, 0.3) is 44.6 Å². The highest BCUT2D eigenvalue weighted by molar-refractivity contribution is 6.34. The number of aromatic nitrogens is 6. The van der Waals surface area contributed by atoms with Crippen molar-refractivity contribution >= 4 is 68.7 Å². The number of rotatable bonds is 13. The quantitative estimate of drug-likeness (QED) is 0.114. The number of hydrogen-bond acceptors (Lipinski definition) is 16. The molecule has 4 fully saturated rings. The monoisotopic (exact) mass is 1070 g/mol. The van der Waals surface area contributed by atoms with E-state index in [1.807, 2.05) is 4.90 Å². The number of fused-ring (bicyclic) bond motifs is 2. The number of benzene rings is 2. The maximum Gasteiger partial charge on any atom is 0.320 e. The fourth-order valence-corrected chi connectivity index (χ4v) is 10.4. The van der Waals surface area contributed by atoms with Crippen LogP contribution in [0.4, 0.5) is 20.4 Å². The first kappa shape index (κ1) is 52.8. The van der Waals surface area contributed by atoms with Gasteiger partial charge in [-0.1, -0.05) is 48.5 Å². The summed E-state index contributed by atoms with van der Waals surface area (Å²) in [6.45, 7) is 14.3. The minimum absolute atomic E-state index is 0.0808. The fraction of sp³-hybridized carbons (Fsp3) is 0.396. The van der Waals surface area contributed by atoms with Gasteiger partial charge in [0.25, 0.3) is 0 Å². The average Bonchev–Trinajstić information content (AvgIpc) is 4.05. The van der Waals surface area contributed by atoms with Crippen LogP contribution in [0.2, 0.25) is 10.0 Å². The van der Waals surface area contributed by atoms with Crippen LogP contribution in [0.5, 0.6) is 23.5 Å². The van der Waals surface area contributed by atoms with Gasteiger partial charge in [-0.25, -0.2) is 18.7 Å². The number of pyridine rings is 2. The summed E-state index contributed by atoms with van der Waals surface area (Å²) in [6.07, 6.45) is 6.94. The van der Waals surface area contributed by atoms with E-state index in [2.05, 4.69) is 61.9 Å². The van der Waals surface area contributed by atoms with Crippen molar-refractivity contribution in [3.8, 4) is 46.0 Å². The van der Waals surface area contributed by atoms with Crippen LogP contribution in [0, 0.1) is 11.6 Å². The number of hydrogen-bond donors (Lipinski definition) is 1. The van der Waals surface area contributed by atoms with Crippen molar-refractivity contribution in [3.63, 3.8) is 0 Å². The van der Waals surface area contributed by atoms with Crippen molar-refractivity contribution in [2.75, 3.05) is 110 Å². The zero-order valence-electron chi connectivity index (χ0n) is 42.0. The topological polar surface area (TPSA) is 179 Å². The van der Waals surface area contributed by atoms with E-state index in [-0.39, 0.29) is 79.9 Å². The molecule has 75 heavy (non-hydrogen) atoms. The summed E-state index contributed by atoms with van der Waals surface area (Å²) >= 11 is 13.2. The number of piperazine rings is 2. The lowest BCUT2D eigenvalue weighted by atomic mass is 10.1. The number of anilines is 2. The van der Waals surface area contributed by atoms with E-state index in [0.717, 1.165) is 38.8 Å². The minimum atomic E-state index is -0.646. The predicted octanol–water partition coefficient (Wildman–Crippen LogP) is 7.30.